The molecule has 3 nitrogen and oxygen atoms in total. The summed E-state index contributed by atoms with van der Waals surface area (Å²) in [6.45, 7) is 7.39. The fourth-order valence-corrected chi connectivity index (χ4v) is 2.04. The zero-order chi connectivity index (χ0) is 10.6. The number of aliphatic hydroxyl groups is 1. The highest BCUT2D eigenvalue weighted by Crippen LogP contribution is 2.17. The lowest BCUT2D eigenvalue weighted by Gasteiger charge is -2.30. The van der Waals surface area contributed by atoms with E-state index in [9.17, 15) is 0 Å². The molecule has 1 heterocycles. The van der Waals surface area contributed by atoms with Crippen LogP contribution in [0.5, 0.6) is 0 Å². The van der Waals surface area contributed by atoms with Crippen molar-refractivity contribution in [3.63, 3.8) is 0 Å². The van der Waals surface area contributed by atoms with Gasteiger partial charge in [-0.3, -0.25) is 0 Å². The predicted molar refractivity (Wildman–Crippen MR) is 59.1 cm³/mol. The summed E-state index contributed by atoms with van der Waals surface area (Å²) in [5, 5.41) is 9.10. The molecule has 0 aromatic carbocycles. The van der Waals surface area contributed by atoms with Crippen molar-refractivity contribution in [3.8, 4) is 0 Å². The van der Waals surface area contributed by atoms with E-state index in [0.29, 0.717) is 0 Å². The van der Waals surface area contributed by atoms with Crippen LogP contribution in [-0.4, -0.2) is 41.8 Å². The van der Waals surface area contributed by atoms with Gasteiger partial charge in [-0.05, 0) is 45.2 Å². The largest absolute Gasteiger partial charge is 0.394 e. The van der Waals surface area contributed by atoms with Gasteiger partial charge in [0.15, 0.2) is 0 Å². The normalized spacial score (nSPS) is 29.6. The van der Waals surface area contributed by atoms with Crippen molar-refractivity contribution >= 4 is 0 Å². The molecule has 1 saturated heterocycles. The summed E-state index contributed by atoms with van der Waals surface area (Å²) in [6, 6.07) is 0. The van der Waals surface area contributed by atoms with Crippen LogP contribution in [0, 0.1) is 5.92 Å². The second-order valence-corrected chi connectivity index (χ2v) is 5.12. The summed E-state index contributed by atoms with van der Waals surface area (Å²) in [4.78, 5) is 2.39. The average Bonchev–Trinajstić information content (AvgIpc) is 2.31. The van der Waals surface area contributed by atoms with E-state index in [1.54, 1.807) is 0 Å². The van der Waals surface area contributed by atoms with Crippen LogP contribution in [0.15, 0.2) is 0 Å². The molecule has 0 bridgehead atoms. The van der Waals surface area contributed by atoms with Gasteiger partial charge >= 0.3 is 0 Å². The monoisotopic (exact) mass is 200 g/mol. The van der Waals surface area contributed by atoms with Crippen LogP contribution in [-0.2, 0) is 0 Å². The Bertz CT molecular complexity index is 171. The number of aliphatic hydroxyl groups excluding tert-OH is 1. The molecular formula is C11H24N2O. The summed E-state index contributed by atoms with van der Waals surface area (Å²) < 4.78 is 0. The zero-order valence-corrected chi connectivity index (χ0v) is 9.50. The summed E-state index contributed by atoms with van der Waals surface area (Å²) >= 11 is 0. The maximum atomic E-state index is 9.10. The quantitative estimate of drug-likeness (QED) is 0.709. The molecule has 0 radical (unpaired) electrons. The highest BCUT2D eigenvalue weighted by atomic mass is 16.3. The second-order valence-electron chi connectivity index (χ2n) is 5.12. The number of hydrogen-bond donors (Lipinski definition) is 2. The van der Waals surface area contributed by atoms with E-state index >= 15 is 0 Å². The number of likely N-dealkylation sites (tertiary alicyclic amines) is 1. The van der Waals surface area contributed by atoms with Gasteiger partial charge in [-0.25, -0.2) is 0 Å². The molecule has 0 amide bonds. The minimum atomic E-state index is -0.437. The van der Waals surface area contributed by atoms with Gasteiger partial charge in [0.2, 0.25) is 0 Å². The SMILES string of the molecule is CC1CCCN(CC(C)(N)CO)CC1. The van der Waals surface area contributed by atoms with Crippen LogP contribution in [0.1, 0.15) is 33.1 Å². The molecule has 3 N–H and O–H groups in total. The molecule has 14 heavy (non-hydrogen) atoms. The van der Waals surface area contributed by atoms with Gasteiger partial charge in [0.25, 0.3) is 0 Å². The maximum Gasteiger partial charge on any atom is 0.0621 e. The van der Waals surface area contributed by atoms with Gasteiger partial charge in [-0.2, -0.15) is 0 Å². The minimum Gasteiger partial charge on any atom is -0.394 e. The van der Waals surface area contributed by atoms with Crippen LogP contribution in [0.2, 0.25) is 0 Å². The van der Waals surface area contributed by atoms with Crippen molar-refractivity contribution in [1.29, 1.82) is 0 Å². The highest BCUT2D eigenvalue weighted by molar-refractivity contribution is 4.83. The van der Waals surface area contributed by atoms with E-state index in [0.717, 1.165) is 25.6 Å². The Balaban J connectivity index is 2.37. The molecular weight excluding hydrogens is 176 g/mol. The molecule has 84 valence electrons. The minimum absolute atomic E-state index is 0.0685. The Morgan fingerprint density at radius 1 is 1.43 bits per heavy atom. The molecule has 1 fully saturated rings. The third-order valence-corrected chi connectivity index (χ3v) is 3.06. The van der Waals surface area contributed by atoms with Crippen molar-refractivity contribution in [2.45, 2.75) is 38.6 Å². The molecule has 2 atom stereocenters. The van der Waals surface area contributed by atoms with Crippen molar-refractivity contribution in [3.05, 3.63) is 0 Å². The van der Waals surface area contributed by atoms with Gasteiger partial charge in [0.05, 0.1) is 6.61 Å². The Morgan fingerprint density at radius 2 is 2.14 bits per heavy atom. The van der Waals surface area contributed by atoms with Crippen molar-refractivity contribution in [2.24, 2.45) is 11.7 Å². The first-order valence-electron chi connectivity index (χ1n) is 5.65. The number of hydrogen-bond acceptors (Lipinski definition) is 3. The number of nitrogens with two attached hydrogens (primary N) is 1. The predicted octanol–water partition coefficient (Wildman–Crippen LogP) is 0.818. The Morgan fingerprint density at radius 3 is 2.79 bits per heavy atom. The lowest BCUT2D eigenvalue weighted by molar-refractivity contribution is 0.149. The van der Waals surface area contributed by atoms with Gasteiger partial charge in [0.1, 0.15) is 0 Å². The fourth-order valence-electron chi connectivity index (χ4n) is 2.04. The van der Waals surface area contributed by atoms with E-state index in [-0.39, 0.29) is 6.61 Å². The first kappa shape index (κ1) is 12.0. The third-order valence-electron chi connectivity index (χ3n) is 3.06. The van der Waals surface area contributed by atoms with Crippen molar-refractivity contribution in [1.82, 2.24) is 4.90 Å². The Labute approximate surface area is 87.3 Å². The summed E-state index contributed by atoms with van der Waals surface area (Å²) in [5.41, 5.74) is 5.50. The summed E-state index contributed by atoms with van der Waals surface area (Å²) in [7, 11) is 0. The number of rotatable bonds is 3. The molecule has 0 aromatic rings. The molecule has 3 heteroatoms. The van der Waals surface area contributed by atoms with E-state index in [1.165, 1.54) is 19.3 Å². The molecule has 0 saturated carbocycles. The topological polar surface area (TPSA) is 49.5 Å². The van der Waals surface area contributed by atoms with Crippen LogP contribution in [0.4, 0.5) is 0 Å². The molecule has 1 aliphatic rings. The molecule has 1 aliphatic heterocycles. The van der Waals surface area contributed by atoms with Crippen molar-refractivity contribution in [2.75, 3.05) is 26.2 Å². The lowest BCUT2D eigenvalue weighted by Crippen LogP contribution is -2.50. The molecule has 0 aromatic heterocycles. The van der Waals surface area contributed by atoms with Crippen LogP contribution < -0.4 is 5.73 Å². The molecule has 1 rings (SSSR count). The van der Waals surface area contributed by atoms with Gasteiger partial charge < -0.3 is 15.7 Å². The van der Waals surface area contributed by atoms with Gasteiger partial charge in [-0.15, -0.1) is 0 Å². The maximum absolute atomic E-state index is 9.10. The summed E-state index contributed by atoms with van der Waals surface area (Å²) in [6.07, 6.45) is 3.86. The molecule has 0 spiro atoms. The molecule has 0 aliphatic carbocycles. The van der Waals surface area contributed by atoms with E-state index in [2.05, 4.69) is 11.8 Å². The van der Waals surface area contributed by atoms with E-state index < -0.39 is 5.54 Å². The van der Waals surface area contributed by atoms with Gasteiger partial charge in [-0.1, -0.05) is 6.92 Å². The van der Waals surface area contributed by atoms with E-state index in [4.69, 9.17) is 10.8 Å². The van der Waals surface area contributed by atoms with Gasteiger partial charge in [0, 0.05) is 12.1 Å². The summed E-state index contributed by atoms with van der Waals surface area (Å²) in [5.74, 6) is 0.846. The first-order valence-corrected chi connectivity index (χ1v) is 5.65. The highest BCUT2D eigenvalue weighted by Gasteiger charge is 2.22. The van der Waals surface area contributed by atoms with Crippen LogP contribution in [0.25, 0.3) is 0 Å². The fraction of sp³-hybridized carbons (Fsp3) is 1.00. The van der Waals surface area contributed by atoms with Crippen molar-refractivity contribution < 1.29 is 5.11 Å². The van der Waals surface area contributed by atoms with E-state index in [1.807, 2.05) is 6.92 Å². The average molecular weight is 200 g/mol. The standard InChI is InChI=1S/C11H24N2O/c1-10-4-3-6-13(7-5-10)8-11(2,12)9-14/h10,14H,3-9,12H2,1-2H3. The Hall–Kier alpha value is -0.120. The third kappa shape index (κ3) is 3.95. The molecule has 2 unspecified atom stereocenters. The first-order chi connectivity index (χ1) is 6.53. The second kappa shape index (κ2) is 5.10. The van der Waals surface area contributed by atoms with Crippen LogP contribution >= 0.6 is 0 Å². The Kier molecular flexibility index (Phi) is 4.35. The number of nitrogens with zero attached hydrogens (tertiary/aromatic N) is 1. The zero-order valence-electron chi connectivity index (χ0n) is 9.50. The van der Waals surface area contributed by atoms with Crippen LogP contribution in [0.3, 0.4) is 0 Å². The smallest absolute Gasteiger partial charge is 0.0621 e. The lowest BCUT2D eigenvalue weighted by atomic mass is 10.0.